The average molecular weight is 475 g/mol. The Morgan fingerprint density at radius 1 is 1.06 bits per heavy atom. The number of aryl methyl sites for hydroxylation is 1. The van der Waals surface area contributed by atoms with E-state index in [2.05, 4.69) is 27.9 Å². The number of carbonyl (C=O) groups excluding carboxylic acids is 2. The lowest BCUT2D eigenvalue weighted by Gasteiger charge is -2.17. The number of rotatable bonds is 6. The van der Waals surface area contributed by atoms with E-state index in [0.29, 0.717) is 12.8 Å². The molecule has 0 bridgehead atoms. The molecule has 3 aromatic rings. The van der Waals surface area contributed by atoms with E-state index < -0.39 is 29.9 Å². The summed E-state index contributed by atoms with van der Waals surface area (Å²) in [7, 11) is 1.63. The van der Waals surface area contributed by atoms with Crippen molar-refractivity contribution in [2.75, 3.05) is 11.9 Å². The maximum Gasteiger partial charge on any atom is 0.412 e. The summed E-state index contributed by atoms with van der Waals surface area (Å²) in [6, 6.07) is 15.7. The zero-order valence-corrected chi connectivity index (χ0v) is 19.2. The molecule has 5 rings (SSSR count). The SMILES string of the molecule is Cn1cc(C(=O)N[C@@H]2CCC[C@@H]2C(=O)O)c(NC(=O)OCC2c3ccccc3-c3ccccc32)n1. The van der Waals surface area contributed by atoms with Gasteiger partial charge in [-0.25, -0.2) is 4.79 Å². The Labute approximate surface area is 202 Å². The number of nitrogens with zero attached hydrogens (tertiary/aromatic N) is 2. The highest BCUT2D eigenvalue weighted by Crippen LogP contribution is 2.44. The summed E-state index contributed by atoms with van der Waals surface area (Å²) < 4.78 is 6.97. The predicted molar refractivity (Wildman–Crippen MR) is 128 cm³/mol. The number of amides is 2. The van der Waals surface area contributed by atoms with Gasteiger partial charge in [0.2, 0.25) is 0 Å². The van der Waals surface area contributed by atoms with Crippen molar-refractivity contribution < 1.29 is 24.2 Å². The quantitative estimate of drug-likeness (QED) is 0.500. The molecular weight excluding hydrogens is 448 g/mol. The molecule has 0 radical (unpaired) electrons. The molecule has 1 saturated carbocycles. The maximum atomic E-state index is 12.9. The third kappa shape index (κ3) is 4.37. The number of benzene rings is 2. The number of ether oxygens (including phenoxy) is 1. The zero-order valence-electron chi connectivity index (χ0n) is 19.2. The van der Waals surface area contributed by atoms with Gasteiger partial charge in [-0.15, -0.1) is 0 Å². The van der Waals surface area contributed by atoms with Crippen LogP contribution in [0.1, 0.15) is 46.7 Å². The van der Waals surface area contributed by atoms with Gasteiger partial charge in [0, 0.05) is 25.2 Å². The molecule has 1 fully saturated rings. The van der Waals surface area contributed by atoms with Gasteiger partial charge in [-0.05, 0) is 35.1 Å². The van der Waals surface area contributed by atoms with Crippen molar-refractivity contribution in [3.8, 4) is 11.1 Å². The first-order valence-corrected chi connectivity index (χ1v) is 11.6. The lowest BCUT2D eigenvalue weighted by atomic mass is 9.98. The summed E-state index contributed by atoms with van der Waals surface area (Å²) in [6.45, 7) is 0.136. The second-order valence-corrected chi connectivity index (χ2v) is 8.97. The fourth-order valence-electron chi connectivity index (χ4n) is 5.15. The maximum absolute atomic E-state index is 12.9. The van der Waals surface area contributed by atoms with E-state index >= 15 is 0 Å². The fourth-order valence-corrected chi connectivity index (χ4v) is 5.15. The van der Waals surface area contributed by atoms with Gasteiger partial charge in [-0.2, -0.15) is 5.10 Å². The van der Waals surface area contributed by atoms with E-state index in [-0.39, 0.29) is 23.9 Å². The monoisotopic (exact) mass is 474 g/mol. The zero-order chi connectivity index (χ0) is 24.5. The molecule has 0 unspecified atom stereocenters. The molecule has 1 aromatic heterocycles. The highest BCUT2D eigenvalue weighted by molar-refractivity contribution is 6.01. The van der Waals surface area contributed by atoms with Gasteiger partial charge in [0.25, 0.3) is 5.91 Å². The molecule has 2 amide bonds. The molecule has 9 nitrogen and oxygen atoms in total. The Balaban J connectivity index is 1.26. The molecule has 0 spiro atoms. The van der Waals surface area contributed by atoms with E-state index in [1.54, 1.807) is 7.05 Å². The number of anilines is 1. The summed E-state index contributed by atoms with van der Waals surface area (Å²) in [5.74, 6) is -2.04. The number of fused-ring (bicyclic) bond motifs is 3. The molecule has 2 aliphatic rings. The van der Waals surface area contributed by atoms with Crippen molar-refractivity contribution in [2.24, 2.45) is 13.0 Å². The van der Waals surface area contributed by atoms with Gasteiger partial charge in [0.15, 0.2) is 5.82 Å². The minimum atomic E-state index is -0.920. The van der Waals surface area contributed by atoms with Crippen LogP contribution in [0.4, 0.5) is 10.6 Å². The Morgan fingerprint density at radius 2 is 1.71 bits per heavy atom. The van der Waals surface area contributed by atoms with Gasteiger partial charge in [-0.1, -0.05) is 55.0 Å². The third-order valence-electron chi connectivity index (χ3n) is 6.79. The molecule has 2 aromatic carbocycles. The van der Waals surface area contributed by atoms with Gasteiger partial charge in [0.1, 0.15) is 12.2 Å². The second kappa shape index (κ2) is 9.25. The first-order valence-electron chi connectivity index (χ1n) is 11.6. The van der Waals surface area contributed by atoms with Crippen LogP contribution in [0.2, 0.25) is 0 Å². The molecule has 0 aliphatic heterocycles. The Bertz CT molecular complexity index is 1250. The molecule has 0 saturated heterocycles. The van der Waals surface area contributed by atoms with Crippen molar-refractivity contribution in [1.29, 1.82) is 0 Å². The molecule has 35 heavy (non-hydrogen) atoms. The Morgan fingerprint density at radius 3 is 2.37 bits per heavy atom. The highest BCUT2D eigenvalue weighted by atomic mass is 16.5. The van der Waals surface area contributed by atoms with E-state index in [1.165, 1.54) is 10.9 Å². The van der Waals surface area contributed by atoms with Crippen LogP contribution < -0.4 is 10.6 Å². The van der Waals surface area contributed by atoms with Gasteiger partial charge in [-0.3, -0.25) is 19.6 Å². The average Bonchev–Trinajstić information content (AvgIpc) is 3.53. The standard InChI is InChI=1S/C26H26N4O5/c1-30-13-20(24(31)27-22-12-6-11-19(22)25(32)33)23(29-30)28-26(34)35-14-21-17-9-4-2-7-15(17)16-8-3-5-10-18(16)21/h2-5,7-10,13,19,21-22H,6,11-12,14H2,1H3,(H,27,31)(H,32,33)(H,28,29,34)/t19-,22+/m0/s1. The predicted octanol–water partition coefficient (Wildman–Crippen LogP) is 3.76. The molecule has 1 heterocycles. The molecule has 3 N–H and O–H groups in total. The van der Waals surface area contributed by atoms with Crippen molar-refractivity contribution in [1.82, 2.24) is 15.1 Å². The van der Waals surface area contributed by atoms with E-state index in [0.717, 1.165) is 28.7 Å². The normalized spacial score (nSPS) is 18.5. The molecular formula is C26H26N4O5. The van der Waals surface area contributed by atoms with Crippen LogP contribution in [0, 0.1) is 5.92 Å². The number of aromatic nitrogens is 2. The number of aliphatic carboxylic acids is 1. The van der Waals surface area contributed by atoms with E-state index in [4.69, 9.17) is 4.74 Å². The molecule has 180 valence electrons. The summed E-state index contributed by atoms with van der Waals surface area (Å²) in [4.78, 5) is 37.0. The third-order valence-corrected chi connectivity index (χ3v) is 6.79. The number of carboxylic acid groups (broad SMARTS) is 1. The van der Waals surface area contributed by atoms with Crippen LogP contribution in [0.15, 0.2) is 54.7 Å². The molecule has 2 atom stereocenters. The van der Waals surface area contributed by atoms with Crippen LogP contribution in [0.25, 0.3) is 11.1 Å². The van der Waals surface area contributed by atoms with Crippen LogP contribution >= 0.6 is 0 Å². The first-order chi connectivity index (χ1) is 16.9. The minimum Gasteiger partial charge on any atom is -0.481 e. The second-order valence-electron chi connectivity index (χ2n) is 8.97. The van der Waals surface area contributed by atoms with Gasteiger partial charge >= 0.3 is 12.1 Å². The smallest absolute Gasteiger partial charge is 0.412 e. The summed E-state index contributed by atoms with van der Waals surface area (Å²) in [5, 5.41) is 18.9. The van der Waals surface area contributed by atoms with Crippen LogP contribution in [0.3, 0.4) is 0 Å². The van der Waals surface area contributed by atoms with E-state index in [1.807, 2.05) is 36.4 Å². The van der Waals surface area contributed by atoms with Crippen LogP contribution in [-0.2, 0) is 16.6 Å². The van der Waals surface area contributed by atoms with E-state index in [9.17, 15) is 19.5 Å². The number of carbonyl (C=O) groups is 3. The topological polar surface area (TPSA) is 123 Å². The number of nitrogens with one attached hydrogen (secondary N) is 2. The van der Waals surface area contributed by atoms with Crippen molar-refractivity contribution in [3.63, 3.8) is 0 Å². The lowest BCUT2D eigenvalue weighted by Crippen LogP contribution is -2.40. The molecule has 2 aliphatic carbocycles. The largest absolute Gasteiger partial charge is 0.481 e. The Hall–Kier alpha value is -4.14. The number of hydrogen-bond donors (Lipinski definition) is 3. The summed E-state index contributed by atoms with van der Waals surface area (Å²) in [6.07, 6.45) is 2.62. The fraction of sp³-hybridized carbons (Fsp3) is 0.308. The van der Waals surface area contributed by atoms with Crippen molar-refractivity contribution >= 4 is 23.8 Å². The van der Waals surface area contributed by atoms with Crippen LogP contribution in [0.5, 0.6) is 0 Å². The van der Waals surface area contributed by atoms with Crippen LogP contribution in [-0.4, -0.2) is 45.5 Å². The van der Waals surface area contributed by atoms with Gasteiger partial charge < -0.3 is 15.2 Å². The Kier molecular flexibility index (Phi) is 5.98. The first kappa shape index (κ1) is 22.6. The highest BCUT2D eigenvalue weighted by Gasteiger charge is 2.35. The van der Waals surface area contributed by atoms with Crippen molar-refractivity contribution in [2.45, 2.75) is 31.2 Å². The number of carboxylic acids is 1. The molecule has 9 heteroatoms. The number of hydrogen-bond acceptors (Lipinski definition) is 5. The minimum absolute atomic E-state index is 0.0621. The van der Waals surface area contributed by atoms with Gasteiger partial charge in [0.05, 0.1) is 5.92 Å². The lowest BCUT2D eigenvalue weighted by molar-refractivity contribution is -0.142. The summed E-state index contributed by atoms with van der Waals surface area (Å²) in [5.41, 5.74) is 4.62. The van der Waals surface area contributed by atoms with Crippen molar-refractivity contribution in [3.05, 3.63) is 71.4 Å². The summed E-state index contributed by atoms with van der Waals surface area (Å²) >= 11 is 0.